The van der Waals surface area contributed by atoms with E-state index in [1.165, 1.54) is 18.9 Å². The second kappa shape index (κ2) is 8.85. The van der Waals surface area contributed by atoms with Gasteiger partial charge >= 0.3 is 5.97 Å². The molecule has 5 nitrogen and oxygen atoms in total. The topological polar surface area (TPSA) is 61.2 Å². The highest BCUT2D eigenvalue weighted by molar-refractivity contribution is 6.28. The molecule has 3 rings (SSSR count). The molecule has 0 spiro atoms. The van der Waals surface area contributed by atoms with E-state index in [1.54, 1.807) is 16.7 Å². The molecule has 0 saturated carbocycles. The number of hydrogen-bond acceptors (Lipinski definition) is 4. The molecule has 0 fully saturated rings. The maximum absolute atomic E-state index is 12.7. The van der Waals surface area contributed by atoms with Crippen molar-refractivity contribution >= 4 is 23.4 Å². The number of esters is 1. The van der Waals surface area contributed by atoms with Gasteiger partial charge in [0.2, 0.25) is 5.28 Å². The van der Waals surface area contributed by atoms with Gasteiger partial charge < -0.3 is 9.30 Å². The Morgan fingerprint density at radius 3 is 2.32 bits per heavy atom. The van der Waals surface area contributed by atoms with E-state index in [4.69, 9.17) is 11.6 Å². The maximum atomic E-state index is 12.7. The molecule has 0 aliphatic heterocycles. The van der Waals surface area contributed by atoms with Gasteiger partial charge in [-0.3, -0.25) is 4.79 Å². The number of ketones is 1. The van der Waals surface area contributed by atoms with Gasteiger partial charge in [-0.05, 0) is 48.2 Å². The van der Waals surface area contributed by atoms with Gasteiger partial charge in [0.15, 0.2) is 5.78 Å². The SMILES string of the molecule is COC(=O)c1ccc(CCC(=O)c2cnc(Cl)n2Cc2ccc(C)cc2)cc1. The first-order valence-corrected chi connectivity index (χ1v) is 9.32. The Hall–Kier alpha value is -2.92. The fraction of sp³-hybridized carbons (Fsp3) is 0.227. The van der Waals surface area contributed by atoms with E-state index < -0.39 is 0 Å². The van der Waals surface area contributed by atoms with Gasteiger partial charge in [0.1, 0.15) is 5.69 Å². The van der Waals surface area contributed by atoms with Crippen molar-refractivity contribution < 1.29 is 14.3 Å². The highest BCUT2D eigenvalue weighted by atomic mass is 35.5. The minimum Gasteiger partial charge on any atom is -0.465 e. The third-order valence-corrected chi connectivity index (χ3v) is 4.87. The predicted octanol–water partition coefficient (Wildman–Crippen LogP) is 4.50. The number of carbonyl (C=O) groups is 2. The summed E-state index contributed by atoms with van der Waals surface area (Å²) in [5.74, 6) is -0.402. The van der Waals surface area contributed by atoms with Gasteiger partial charge in [0.05, 0.1) is 25.4 Å². The molecule has 0 aliphatic rings. The molecule has 3 aromatic rings. The van der Waals surface area contributed by atoms with Crippen molar-refractivity contribution in [2.24, 2.45) is 0 Å². The van der Waals surface area contributed by atoms with Crippen LogP contribution >= 0.6 is 11.6 Å². The Bertz CT molecular complexity index is 976. The Balaban J connectivity index is 1.68. The van der Waals surface area contributed by atoms with Gasteiger partial charge in [0, 0.05) is 6.42 Å². The first kappa shape index (κ1) is 19.8. The summed E-state index contributed by atoms with van der Waals surface area (Å²) in [6, 6.07) is 15.1. The smallest absolute Gasteiger partial charge is 0.337 e. The normalized spacial score (nSPS) is 10.7. The molecule has 0 aliphatic carbocycles. The van der Waals surface area contributed by atoms with Gasteiger partial charge in [-0.15, -0.1) is 0 Å². The Labute approximate surface area is 168 Å². The van der Waals surface area contributed by atoms with Gasteiger partial charge in [-0.25, -0.2) is 9.78 Å². The van der Waals surface area contributed by atoms with Gasteiger partial charge in [0.25, 0.3) is 0 Å². The molecule has 0 bridgehead atoms. The van der Waals surface area contributed by atoms with Crippen LogP contribution in [0, 0.1) is 6.92 Å². The third-order valence-electron chi connectivity index (χ3n) is 4.57. The molecule has 1 heterocycles. The van der Waals surface area contributed by atoms with Crippen molar-refractivity contribution in [1.29, 1.82) is 0 Å². The summed E-state index contributed by atoms with van der Waals surface area (Å²) in [7, 11) is 1.35. The molecule has 0 unspecified atom stereocenters. The highest BCUT2D eigenvalue weighted by Crippen LogP contribution is 2.17. The van der Waals surface area contributed by atoms with Crippen LogP contribution in [0.15, 0.2) is 54.7 Å². The number of aromatic nitrogens is 2. The summed E-state index contributed by atoms with van der Waals surface area (Å²) >= 11 is 6.20. The number of nitrogens with zero attached hydrogens (tertiary/aromatic N) is 2. The molecular formula is C22H21ClN2O3. The van der Waals surface area contributed by atoms with Crippen molar-refractivity contribution in [2.75, 3.05) is 7.11 Å². The maximum Gasteiger partial charge on any atom is 0.337 e. The number of Topliss-reactive ketones (excluding diaryl/α,β-unsaturated/α-hetero) is 1. The van der Waals surface area contributed by atoms with Crippen molar-refractivity contribution in [1.82, 2.24) is 9.55 Å². The van der Waals surface area contributed by atoms with E-state index in [9.17, 15) is 9.59 Å². The van der Waals surface area contributed by atoms with E-state index in [1.807, 2.05) is 43.3 Å². The Kier molecular flexibility index (Phi) is 6.26. The number of benzene rings is 2. The van der Waals surface area contributed by atoms with E-state index in [0.717, 1.165) is 11.1 Å². The molecule has 28 heavy (non-hydrogen) atoms. The quantitative estimate of drug-likeness (QED) is 0.436. The molecule has 0 atom stereocenters. The molecule has 0 N–H and O–H groups in total. The monoisotopic (exact) mass is 396 g/mol. The van der Waals surface area contributed by atoms with Crippen molar-refractivity contribution in [3.05, 3.63) is 88.0 Å². The lowest BCUT2D eigenvalue weighted by molar-refractivity contribution is 0.0600. The van der Waals surface area contributed by atoms with Crippen molar-refractivity contribution in [3.8, 4) is 0 Å². The second-order valence-electron chi connectivity index (χ2n) is 6.60. The minimum atomic E-state index is -0.378. The summed E-state index contributed by atoms with van der Waals surface area (Å²) in [5, 5.41) is 0.298. The predicted molar refractivity (Wildman–Crippen MR) is 108 cm³/mol. The van der Waals surface area contributed by atoms with Crippen LogP contribution in [-0.2, 0) is 17.7 Å². The lowest BCUT2D eigenvalue weighted by atomic mass is 10.0. The summed E-state index contributed by atoms with van der Waals surface area (Å²) in [6.07, 6.45) is 2.42. The molecular weight excluding hydrogens is 376 g/mol. The van der Waals surface area contributed by atoms with Gasteiger partial charge in [-0.2, -0.15) is 0 Å². The molecule has 144 valence electrons. The summed E-state index contributed by atoms with van der Waals surface area (Å²) in [4.78, 5) is 28.3. The van der Waals surface area contributed by atoms with E-state index in [0.29, 0.717) is 35.9 Å². The lowest BCUT2D eigenvalue weighted by Crippen LogP contribution is -2.11. The van der Waals surface area contributed by atoms with Crippen LogP contribution in [0.25, 0.3) is 0 Å². The Morgan fingerprint density at radius 1 is 1.04 bits per heavy atom. The van der Waals surface area contributed by atoms with Crippen LogP contribution in [-0.4, -0.2) is 28.4 Å². The lowest BCUT2D eigenvalue weighted by Gasteiger charge is -2.09. The van der Waals surface area contributed by atoms with E-state index in [-0.39, 0.29) is 11.8 Å². The zero-order valence-corrected chi connectivity index (χ0v) is 16.6. The standard InChI is InChI=1S/C22H21ClN2O3/c1-15-3-5-17(6-4-15)14-25-19(13-24-22(25)23)20(26)12-9-16-7-10-18(11-8-16)21(27)28-2/h3-8,10-11,13H,9,12,14H2,1-2H3. The minimum absolute atomic E-state index is 0.0245. The fourth-order valence-corrected chi connectivity index (χ4v) is 3.11. The van der Waals surface area contributed by atoms with Gasteiger partial charge in [-0.1, -0.05) is 42.0 Å². The van der Waals surface area contributed by atoms with E-state index >= 15 is 0 Å². The number of methoxy groups -OCH3 is 1. The number of hydrogen-bond donors (Lipinski definition) is 0. The first-order valence-electron chi connectivity index (χ1n) is 8.95. The zero-order chi connectivity index (χ0) is 20.1. The molecule has 6 heteroatoms. The fourth-order valence-electron chi connectivity index (χ4n) is 2.91. The molecule has 0 radical (unpaired) electrons. The van der Waals surface area contributed by atoms with Crippen LogP contribution in [0.3, 0.4) is 0 Å². The number of imidazole rings is 1. The molecule has 1 aromatic heterocycles. The van der Waals surface area contributed by atoms with Crippen LogP contribution in [0.2, 0.25) is 5.28 Å². The number of ether oxygens (including phenoxy) is 1. The zero-order valence-electron chi connectivity index (χ0n) is 15.8. The average molecular weight is 397 g/mol. The summed E-state index contributed by atoms with van der Waals surface area (Å²) in [5.41, 5.74) is 4.18. The summed E-state index contributed by atoms with van der Waals surface area (Å²) < 4.78 is 6.42. The second-order valence-corrected chi connectivity index (χ2v) is 6.93. The van der Waals surface area contributed by atoms with Crippen LogP contribution in [0.5, 0.6) is 0 Å². The number of halogens is 1. The average Bonchev–Trinajstić information content (AvgIpc) is 3.08. The highest BCUT2D eigenvalue weighted by Gasteiger charge is 2.16. The molecule has 2 aromatic carbocycles. The number of carbonyl (C=O) groups excluding carboxylic acids is 2. The number of rotatable bonds is 7. The summed E-state index contributed by atoms with van der Waals surface area (Å²) in [6.45, 7) is 2.52. The third kappa shape index (κ3) is 4.67. The van der Waals surface area contributed by atoms with Crippen molar-refractivity contribution in [2.45, 2.75) is 26.3 Å². The van der Waals surface area contributed by atoms with Crippen LogP contribution < -0.4 is 0 Å². The van der Waals surface area contributed by atoms with E-state index in [2.05, 4.69) is 9.72 Å². The molecule has 0 amide bonds. The first-order chi connectivity index (χ1) is 13.5. The van der Waals surface area contributed by atoms with Crippen LogP contribution in [0.1, 0.15) is 44.0 Å². The Morgan fingerprint density at radius 2 is 1.68 bits per heavy atom. The largest absolute Gasteiger partial charge is 0.465 e. The number of aryl methyl sites for hydroxylation is 2. The van der Waals surface area contributed by atoms with Crippen LogP contribution in [0.4, 0.5) is 0 Å². The van der Waals surface area contributed by atoms with Crippen molar-refractivity contribution in [3.63, 3.8) is 0 Å². The molecule has 0 saturated heterocycles.